The van der Waals surface area contributed by atoms with Crippen molar-refractivity contribution in [3.63, 3.8) is 0 Å². The number of ether oxygens (including phenoxy) is 1. The molecule has 1 fully saturated rings. The summed E-state index contributed by atoms with van der Waals surface area (Å²) in [4.78, 5) is 14.3. The Kier molecular flexibility index (Phi) is 5.20. The number of carbonyl (C=O) groups excluding carboxylic acids is 1. The molecule has 20 heavy (non-hydrogen) atoms. The van der Waals surface area contributed by atoms with Crippen molar-refractivity contribution >= 4 is 5.91 Å². The van der Waals surface area contributed by atoms with Crippen molar-refractivity contribution in [2.45, 2.75) is 0 Å². The zero-order valence-corrected chi connectivity index (χ0v) is 11.7. The van der Waals surface area contributed by atoms with Crippen molar-refractivity contribution in [2.24, 2.45) is 0 Å². The number of phenolic OH excluding ortho intramolecular Hbond substituents is 1. The van der Waals surface area contributed by atoms with Gasteiger partial charge in [-0.3, -0.25) is 9.69 Å². The zero-order valence-electron chi connectivity index (χ0n) is 11.7. The van der Waals surface area contributed by atoms with Crippen LogP contribution in [0.5, 0.6) is 11.5 Å². The van der Waals surface area contributed by atoms with E-state index in [0.717, 1.165) is 32.7 Å². The lowest BCUT2D eigenvalue weighted by Crippen LogP contribution is -2.46. The van der Waals surface area contributed by atoms with Crippen molar-refractivity contribution < 1.29 is 14.6 Å². The Labute approximate surface area is 118 Å². The van der Waals surface area contributed by atoms with E-state index in [4.69, 9.17) is 4.74 Å². The first-order valence-corrected chi connectivity index (χ1v) is 6.79. The van der Waals surface area contributed by atoms with Crippen molar-refractivity contribution in [2.75, 3.05) is 46.4 Å². The van der Waals surface area contributed by atoms with Gasteiger partial charge in [0, 0.05) is 45.3 Å². The number of hydrogen-bond donors (Lipinski definition) is 3. The molecule has 0 unspecified atom stereocenters. The SMILES string of the molecule is COc1ccc(C(=O)NCCN2CCNCC2)c(O)c1. The fourth-order valence-electron chi connectivity index (χ4n) is 2.19. The summed E-state index contributed by atoms with van der Waals surface area (Å²) in [6, 6.07) is 4.66. The molecule has 1 aliphatic heterocycles. The van der Waals surface area contributed by atoms with Crippen molar-refractivity contribution in [1.82, 2.24) is 15.5 Å². The van der Waals surface area contributed by atoms with Gasteiger partial charge in [-0.25, -0.2) is 0 Å². The van der Waals surface area contributed by atoms with Crippen LogP contribution in [0.4, 0.5) is 0 Å². The van der Waals surface area contributed by atoms with E-state index < -0.39 is 0 Å². The van der Waals surface area contributed by atoms with Gasteiger partial charge in [-0.15, -0.1) is 0 Å². The number of rotatable bonds is 5. The molecule has 0 radical (unpaired) electrons. The molecule has 0 aromatic heterocycles. The topological polar surface area (TPSA) is 73.8 Å². The molecule has 1 saturated heterocycles. The molecule has 2 rings (SSSR count). The molecule has 1 aliphatic rings. The van der Waals surface area contributed by atoms with Crippen LogP contribution in [0.2, 0.25) is 0 Å². The summed E-state index contributed by atoms with van der Waals surface area (Å²) in [6.45, 7) is 5.39. The lowest BCUT2D eigenvalue weighted by atomic mass is 10.2. The first kappa shape index (κ1) is 14.6. The maximum Gasteiger partial charge on any atom is 0.255 e. The molecule has 0 saturated carbocycles. The summed E-state index contributed by atoms with van der Waals surface area (Å²) in [7, 11) is 1.52. The van der Waals surface area contributed by atoms with Crippen LogP contribution in [-0.2, 0) is 0 Å². The van der Waals surface area contributed by atoms with E-state index in [2.05, 4.69) is 15.5 Å². The Morgan fingerprint density at radius 3 is 2.85 bits per heavy atom. The third kappa shape index (κ3) is 3.85. The van der Waals surface area contributed by atoms with Crippen LogP contribution in [0.1, 0.15) is 10.4 Å². The molecule has 3 N–H and O–H groups in total. The number of amides is 1. The number of nitrogens with one attached hydrogen (secondary N) is 2. The molecule has 1 aromatic rings. The quantitative estimate of drug-likeness (QED) is 0.709. The average molecular weight is 279 g/mol. The minimum absolute atomic E-state index is 0.0657. The van der Waals surface area contributed by atoms with Crippen LogP contribution in [-0.4, -0.2) is 62.3 Å². The van der Waals surface area contributed by atoms with Gasteiger partial charge in [0.1, 0.15) is 11.5 Å². The van der Waals surface area contributed by atoms with Crippen LogP contribution in [0.25, 0.3) is 0 Å². The highest BCUT2D eigenvalue weighted by molar-refractivity contribution is 5.96. The summed E-state index contributed by atoms with van der Waals surface area (Å²) in [5.41, 5.74) is 0.270. The minimum Gasteiger partial charge on any atom is -0.507 e. The molecular weight excluding hydrogens is 258 g/mol. The number of methoxy groups -OCH3 is 1. The standard InChI is InChI=1S/C14H21N3O3/c1-20-11-2-3-12(13(18)10-11)14(19)16-6-9-17-7-4-15-5-8-17/h2-3,10,15,18H,4-9H2,1H3,(H,16,19). The van der Waals surface area contributed by atoms with Crippen LogP contribution in [0.3, 0.4) is 0 Å². The van der Waals surface area contributed by atoms with E-state index >= 15 is 0 Å². The molecule has 1 amide bonds. The average Bonchev–Trinajstić information content (AvgIpc) is 2.48. The molecule has 110 valence electrons. The number of benzene rings is 1. The van der Waals surface area contributed by atoms with Crippen LogP contribution in [0, 0.1) is 0 Å². The monoisotopic (exact) mass is 279 g/mol. The molecule has 6 nitrogen and oxygen atoms in total. The van der Waals surface area contributed by atoms with Gasteiger partial charge in [0.15, 0.2) is 0 Å². The zero-order chi connectivity index (χ0) is 14.4. The summed E-state index contributed by atoms with van der Waals surface area (Å²) in [6.07, 6.45) is 0. The van der Waals surface area contributed by atoms with Gasteiger partial charge in [-0.1, -0.05) is 0 Å². The highest BCUT2D eigenvalue weighted by Crippen LogP contribution is 2.23. The maximum atomic E-state index is 12.0. The number of aromatic hydroxyl groups is 1. The second-order valence-corrected chi connectivity index (χ2v) is 4.73. The first-order valence-electron chi connectivity index (χ1n) is 6.79. The third-order valence-electron chi connectivity index (χ3n) is 3.37. The normalized spacial score (nSPS) is 15.8. The van der Waals surface area contributed by atoms with Gasteiger partial charge in [0.2, 0.25) is 0 Å². The van der Waals surface area contributed by atoms with E-state index in [0.29, 0.717) is 12.3 Å². The highest BCUT2D eigenvalue weighted by Gasteiger charge is 2.13. The van der Waals surface area contributed by atoms with Crippen LogP contribution >= 0.6 is 0 Å². The second kappa shape index (κ2) is 7.12. The van der Waals surface area contributed by atoms with Gasteiger partial charge >= 0.3 is 0 Å². The number of nitrogens with zero attached hydrogens (tertiary/aromatic N) is 1. The predicted molar refractivity (Wildman–Crippen MR) is 76.3 cm³/mol. The largest absolute Gasteiger partial charge is 0.507 e. The Morgan fingerprint density at radius 1 is 1.45 bits per heavy atom. The summed E-state index contributed by atoms with van der Waals surface area (Å²) in [5, 5.41) is 15.9. The highest BCUT2D eigenvalue weighted by atomic mass is 16.5. The lowest BCUT2D eigenvalue weighted by Gasteiger charge is -2.27. The van der Waals surface area contributed by atoms with Crippen LogP contribution < -0.4 is 15.4 Å². The molecule has 0 aliphatic carbocycles. The Balaban J connectivity index is 1.82. The molecule has 1 heterocycles. The summed E-state index contributed by atoms with van der Waals surface area (Å²) in [5.74, 6) is 0.198. The summed E-state index contributed by atoms with van der Waals surface area (Å²) < 4.78 is 4.99. The van der Waals surface area contributed by atoms with Gasteiger partial charge < -0.3 is 20.5 Å². The number of hydrogen-bond acceptors (Lipinski definition) is 5. The Morgan fingerprint density at radius 2 is 2.20 bits per heavy atom. The number of carbonyl (C=O) groups is 1. The summed E-state index contributed by atoms with van der Waals surface area (Å²) >= 11 is 0. The van der Waals surface area contributed by atoms with E-state index in [1.165, 1.54) is 13.2 Å². The lowest BCUT2D eigenvalue weighted by molar-refractivity contribution is 0.0944. The molecular formula is C14H21N3O3. The van der Waals surface area contributed by atoms with Crippen molar-refractivity contribution in [3.8, 4) is 11.5 Å². The van der Waals surface area contributed by atoms with Gasteiger partial charge in [-0.05, 0) is 12.1 Å². The molecule has 0 atom stereocenters. The second-order valence-electron chi connectivity index (χ2n) is 4.73. The third-order valence-corrected chi connectivity index (χ3v) is 3.37. The Hall–Kier alpha value is -1.79. The maximum absolute atomic E-state index is 12.0. The number of phenols is 1. The van der Waals surface area contributed by atoms with Gasteiger partial charge in [0.25, 0.3) is 5.91 Å². The van der Waals surface area contributed by atoms with Crippen molar-refractivity contribution in [1.29, 1.82) is 0 Å². The molecule has 6 heteroatoms. The van der Waals surface area contributed by atoms with E-state index in [9.17, 15) is 9.90 Å². The first-order chi connectivity index (χ1) is 9.70. The number of piperazine rings is 1. The van der Waals surface area contributed by atoms with Crippen LogP contribution in [0.15, 0.2) is 18.2 Å². The Bertz CT molecular complexity index is 459. The van der Waals surface area contributed by atoms with Gasteiger partial charge in [-0.2, -0.15) is 0 Å². The molecule has 1 aromatic carbocycles. The minimum atomic E-state index is -0.264. The molecule has 0 spiro atoms. The van der Waals surface area contributed by atoms with Gasteiger partial charge in [0.05, 0.1) is 12.7 Å². The van der Waals surface area contributed by atoms with E-state index in [1.54, 1.807) is 12.1 Å². The predicted octanol–water partition coefficient (Wildman–Crippen LogP) is 0.0358. The van der Waals surface area contributed by atoms with Crippen molar-refractivity contribution in [3.05, 3.63) is 23.8 Å². The smallest absolute Gasteiger partial charge is 0.255 e. The fourth-order valence-corrected chi connectivity index (χ4v) is 2.19. The van der Waals surface area contributed by atoms with E-state index in [1.807, 2.05) is 0 Å². The molecule has 0 bridgehead atoms. The fraction of sp³-hybridized carbons (Fsp3) is 0.500. The van der Waals surface area contributed by atoms with E-state index in [-0.39, 0.29) is 17.2 Å².